The fourth-order valence-corrected chi connectivity index (χ4v) is 3.38. The quantitative estimate of drug-likeness (QED) is 0.434. The number of fused-ring (bicyclic) bond motifs is 1. The number of carbonyl (C=O) groups is 1. The Balaban J connectivity index is 2.03. The maximum Gasteiger partial charge on any atom is 0.337 e. The number of rotatable bonds is 4. The van der Waals surface area contributed by atoms with Gasteiger partial charge >= 0.3 is 5.97 Å². The van der Waals surface area contributed by atoms with E-state index in [0.29, 0.717) is 10.7 Å². The largest absolute Gasteiger partial charge is 0.478 e. The third kappa shape index (κ3) is 3.25. The highest BCUT2D eigenvalue weighted by atomic mass is 35.5. The van der Waals surface area contributed by atoms with E-state index in [1.807, 2.05) is 71.6 Å². The van der Waals surface area contributed by atoms with Crippen molar-refractivity contribution in [2.45, 2.75) is 0 Å². The Morgan fingerprint density at radius 1 is 0.741 bits per heavy atom. The summed E-state index contributed by atoms with van der Waals surface area (Å²) < 4.78 is 0. The normalized spacial score (nSPS) is 10.7. The number of hydrogen-bond donors (Lipinski definition) is 1. The Morgan fingerprint density at radius 3 is 2.15 bits per heavy atom. The van der Waals surface area contributed by atoms with Gasteiger partial charge in [-0.1, -0.05) is 60.1 Å². The maximum absolute atomic E-state index is 11.9. The summed E-state index contributed by atoms with van der Waals surface area (Å²) in [6.07, 6.45) is 0. The monoisotopic (exact) mass is 373 g/mol. The Labute approximate surface area is 162 Å². The van der Waals surface area contributed by atoms with Gasteiger partial charge in [0, 0.05) is 16.1 Å². The molecule has 0 heterocycles. The van der Waals surface area contributed by atoms with Crippen molar-refractivity contribution in [2.75, 3.05) is 4.90 Å². The maximum atomic E-state index is 11.9. The van der Waals surface area contributed by atoms with Gasteiger partial charge in [-0.25, -0.2) is 4.79 Å². The summed E-state index contributed by atoms with van der Waals surface area (Å²) in [5.41, 5.74) is 2.58. The zero-order chi connectivity index (χ0) is 18.8. The molecule has 1 N–H and O–H groups in total. The van der Waals surface area contributed by atoms with Crippen molar-refractivity contribution in [2.24, 2.45) is 0 Å². The molecule has 27 heavy (non-hydrogen) atoms. The molecule has 0 radical (unpaired) electrons. The van der Waals surface area contributed by atoms with Crippen LogP contribution in [0.25, 0.3) is 10.8 Å². The third-order valence-electron chi connectivity index (χ3n) is 4.47. The SMILES string of the molecule is O=C(O)c1ccccc1N(c1ccc(Cl)cc1)c1cccc2ccccc12. The summed E-state index contributed by atoms with van der Waals surface area (Å²) in [6.45, 7) is 0. The van der Waals surface area contributed by atoms with Crippen molar-refractivity contribution in [1.82, 2.24) is 0 Å². The summed E-state index contributed by atoms with van der Waals surface area (Å²) in [5.74, 6) is -0.968. The minimum Gasteiger partial charge on any atom is -0.478 e. The number of benzene rings is 4. The van der Waals surface area contributed by atoms with Crippen molar-refractivity contribution >= 4 is 45.4 Å². The molecule has 0 aliphatic heterocycles. The van der Waals surface area contributed by atoms with Gasteiger partial charge in [-0.15, -0.1) is 0 Å². The first-order chi connectivity index (χ1) is 13.1. The fraction of sp³-hybridized carbons (Fsp3) is 0. The molecule has 0 spiro atoms. The van der Waals surface area contributed by atoms with E-state index in [4.69, 9.17) is 11.6 Å². The number of para-hydroxylation sites is 1. The van der Waals surface area contributed by atoms with E-state index < -0.39 is 5.97 Å². The molecule has 4 aromatic carbocycles. The fourth-order valence-electron chi connectivity index (χ4n) is 3.25. The van der Waals surface area contributed by atoms with E-state index in [9.17, 15) is 9.90 Å². The van der Waals surface area contributed by atoms with Crippen LogP contribution in [0.15, 0.2) is 91.0 Å². The van der Waals surface area contributed by atoms with E-state index >= 15 is 0 Å². The van der Waals surface area contributed by atoms with Gasteiger partial charge in [-0.05, 0) is 47.9 Å². The predicted molar refractivity (Wildman–Crippen MR) is 111 cm³/mol. The number of aromatic carboxylic acids is 1. The second-order valence-corrected chi connectivity index (χ2v) is 6.57. The molecular weight excluding hydrogens is 358 g/mol. The zero-order valence-electron chi connectivity index (χ0n) is 14.3. The van der Waals surface area contributed by atoms with Gasteiger partial charge < -0.3 is 10.0 Å². The van der Waals surface area contributed by atoms with Crippen LogP contribution in [0.2, 0.25) is 5.02 Å². The summed E-state index contributed by atoms with van der Waals surface area (Å²) in [6, 6.07) is 28.5. The molecule has 4 rings (SSSR count). The van der Waals surface area contributed by atoms with Crippen molar-refractivity contribution in [3.05, 3.63) is 102 Å². The molecule has 0 saturated carbocycles. The van der Waals surface area contributed by atoms with Crippen LogP contribution in [0.3, 0.4) is 0 Å². The lowest BCUT2D eigenvalue weighted by atomic mass is 10.0. The van der Waals surface area contributed by atoms with Gasteiger partial charge in [0.2, 0.25) is 0 Å². The van der Waals surface area contributed by atoms with E-state index in [1.54, 1.807) is 24.3 Å². The molecular formula is C23H16ClNO2. The lowest BCUT2D eigenvalue weighted by Gasteiger charge is -2.28. The molecule has 4 heteroatoms. The number of halogens is 1. The molecule has 0 unspecified atom stereocenters. The van der Waals surface area contributed by atoms with Gasteiger partial charge in [0.25, 0.3) is 0 Å². The number of carboxylic acid groups (broad SMARTS) is 1. The van der Waals surface area contributed by atoms with Crippen LogP contribution in [0.5, 0.6) is 0 Å². The highest BCUT2D eigenvalue weighted by molar-refractivity contribution is 6.30. The van der Waals surface area contributed by atoms with Crippen LogP contribution >= 0.6 is 11.6 Å². The molecule has 0 aromatic heterocycles. The topological polar surface area (TPSA) is 40.5 Å². The van der Waals surface area contributed by atoms with Crippen molar-refractivity contribution in [3.8, 4) is 0 Å². The molecule has 132 valence electrons. The zero-order valence-corrected chi connectivity index (χ0v) is 15.1. The van der Waals surface area contributed by atoms with Crippen LogP contribution in [0.4, 0.5) is 17.1 Å². The van der Waals surface area contributed by atoms with E-state index in [0.717, 1.165) is 22.1 Å². The van der Waals surface area contributed by atoms with Gasteiger partial charge in [-0.3, -0.25) is 0 Å². The molecule has 0 fully saturated rings. The smallest absolute Gasteiger partial charge is 0.337 e. The molecule has 0 saturated heterocycles. The molecule has 0 atom stereocenters. The van der Waals surface area contributed by atoms with E-state index in [-0.39, 0.29) is 5.56 Å². The molecule has 0 aliphatic rings. The Hall–Kier alpha value is -3.30. The predicted octanol–water partition coefficient (Wildman–Crippen LogP) is 6.66. The van der Waals surface area contributed by atoms with Crippen LogP contribution in [-0.2, 0) is 0 Å². The first-order valence-corrected chi connectivity index (χ1v) is 8.89. The number of anilines is 3. The lowest BCUT2D eigenvalue weighted by molar-refractivity contribution is 0.0698. The summed E-state index contributed by atoms with van der Waals surface area (Å²) in [4.78, 5) is 13.8. The van der Waals surface area contributed by atoms with Gasteiger partial charge in [-0.2, -0.15) is 0 Å². The summed E-state index contributed by atoms with van der Waals surface area (Å²) in [7, 11) is 0. The highest BCUT2D eigenvalue weighted by Crippen LogP contribution is 2.40. The third-order valence-corrected chi connectivity index (χ3v) is 4.72. The second kappa shape index (κ2) is 7.14. The van der Waals surface area contributed by atoms with Crippen LogP contribution < -0.4 is 4.90 Å². The van der Waals surface area contributed by atoms with Crippen molar-refractivity contribution in [3.63, 3.8) is 0 Å². The first-order valence-electron chi connectivity index (χ1n) is 8.51. The van der Waals surface area contributed by atoms with Crippen LogP contribution in [0.1, 0.15) is 10.4 Å². The lowest BCUT2D eigenvalue weighted by Crippen LogP contribution is -2.14. The molecule has 0 bridgehead atoms. The molecule has 0 aliphatic carbocycles. The summed E-state index contributed by atoms with van der Waals surface area (Å²) >= 11 is 6.07. The number of hydrogen-bond acceptors (Lipinski definition) is 2. The van der Waals surface area contributed by atoms with Crippen LogP contribution in [-0.4, -0.2) is 11.1 Å². The van der Waals surface area contributed by atoms with E-state index in [2.05, 4.69) is 0 Å². The van der Waals surface area contributed by atoms with E-state index in [1.165, 1.54) is 0 Å². The van der Waals surface area contributed by atoms with Crippen LogP contribution in [0, 0.1) is 0 Å². The Morgan fingerprint density at radius 2 is 1.37 bits per heavy atom. The Bertz CT molecular complexity index is 1120. The minimum atomic E-state index is -0.968. The number of carboxylic acids is 1. The number of nitrogens with zero attached hydrogens (tertiary/aromatic N) is 1. The standard InChI is InChI=1S/C23H16ClNO2/c24-17-12-14-18(15-13-17)25(22-10-4-3-9-20(22)23(26)27)21-11-5-7-16-6-1-2-8-19(16)21/h1-15H,(H,26,27). The molecule has 3 nitrogen and oxygen atoms in total. The molecule has 4 aromatic rings. The van der Waals surface area contributed by atoms with Crippen molar-refractivity contribution < 1.29 is 9.90 Å². The second-order valence-electron chi connectivity index (χ2n) is 6.13. The summed E-state index contributed by atoms with van der Waals surface area (Å²) in [5, 5.41) is 12.5. The highest BCUT2D eigenvalue weighted by Gasteiger charge is 2.20. The Kier molecular flexibility index (Phi) is 4.53. The van der Waals surface area contributed by atoms with Gasteiger partial charge in [0.1, 0.15) is 0 Å². The van der Waals surface area contributed by atoms with Gasteiger partial charge in [0.15, 0.2) is 0 Å². The average Bonchev–Trinajstić information content (AvgIpc) is 2.70. The van der Waals surface area contributed by atoms with Crippen molar-refractivity contribution in [1.29, 1.82) is 0 Å². The minimum absolute atomic E-state index is 0.236. The molecule has 0 amide bonds. The average molecular weight is 374 g/mol. The first kappa shape index (κ1) is 17.1. The van der Waals surface area contributed by atoms with Gasteiger partial charge in [0.05, 0.1) is 16.9 Å².